The van der Waals surface area contributed by atoms with E-state index in [0.717, 1.165) is 11.3 Å². The molecule has 0 saturated carbocycles. The summed E-state index contributed by atoms with van der Waals surface area (Å²) in [5, 5.41) is 10.3. The molecule has 0 saturated heterocycles. The average molecular weight is 376 g/mol. The maximum Gasteiger partial charge on any atom is 0.255 e. The van der Waals surface area contributed by atoms with Crippen LogP contribution in [0.4, 0.5) is 0 Å². The third kappa shape index (κ3) is 4.85. The Morgan fingerprint density at radius 2 is 1.64 bits per heavy atom. The lowest BCUT2D eigenvalue weighted by Crippen LogP contribution is -2.34. The Kier molecular flexibility index (Phi) is 6.22. The first-order valence-electron chi connectivity index (χ1n) is 9.32. The molecule has 3 aromatic rings. The van der Waals surface area contributed by atoms with Gasteiger partial charge in [0.05, 0.1) is 11.3 Å². The van der Waals surface area contributed by atoms with E-state index < -0.39 is 0 Å². The van der Waals surface area contributed by atoms with Crippen molar-refractivity contribution in [3.63, 3.8) is 0 Å². The highest BCUT2D eigenvalue weighted by molar-refractivity contribution is 6.00. The highest BCUT2D eigenvalue weighted by atomic mass is 16.2. The predicted molar refractivity (Wildman–Crippen MR) is 109 cm³/mol. The van der Waals surface area contributed by atoms with Crippen molar-refractivity contribution in [2.45, 2.75) is 26.3 Å². The summed E-state index contributed by atoms with van der Waals surface area (Å²) in [6.07, 6.45) is 1.96. The van der Waals surface area contributed by atoms with Crippen LogP contribution in [0, 0.1) is 0 Å². The second kappa shape index (κ2) is 8.99. The third-order valence-electron chi connectivity index (χ3n) is 4.11. The topological polar surface area (TPSA) is 76.0 Å². The van der Waals surface area contributed by atoms with Crippen molar-refractivity contribution < 1.29 is 9.59 Å². The fourth-order valence-electron chi connectivity index (χ4n) is 2.84. The molecule has 0 unspecified atom stereocenters. The molecule has 0 aliphatic carbocycles. The Morgan fingerprint density at radius 1 is 1.00 bits per heavy atom. The van der Waals surface area contributed by atoms with Gasteiger partial charge in [-0.25, -0.2) is 4.68 Å². The van der Waals surface area contributed by atoms with E-state index in [2.05, 4.69) is 15.7 Å². The van der Waals surface area contributed by atoms with Gasteiger partial charge < -0.3 is 10.6 Å². The smallest absolute Gasteiger partial charge is 0.255 e. The molecule has 2 amide bonds. The molecule has 0 bridgehead atoms. The summed E-state index contributed by atoms with van der Waals surface area (Å²) in [4.78, 5) is 24.6. The molecule has 0 atom stereocenters. The van der Waals surface area contributed by atoms with Crippen molar-refractivity contribution in [3.05, 3.63) is 72.4 Å². The van der Waals surface area contributed by atoms with Crippen LogP contribution in [0.2, 0.25) is 0 Å². The van der Waals surface area contributed by atoms with Crippen molar-refractivity contribution in [1.82, 2.24) is 20.4 Å². The van der Waals surface area contributed by atoms with Crippen LogP contribution in [0.1, 0.15) is 30.6 Å². The molecule has 6 heteroatoms. The van der Waals surface area contributed by atoms with Crippen LogP contribution in [0.5, 0.6) is 0 Å². The van der Waals surface area contributed by atoms with Crippen LogP contribution >= 0.6 is 0 Å². The summed E-state index contributed by atoms with van der Waals surface area (Å²) in [5.41, 5.74) is 2.81. The number of amides is 2. The van der Waals surface area contributed by atoms with Crippen molar-refractivity contribution in [3.8, 4) is 16.9 Å². The number of hydrogen-bond acceptors (Lipinski definition) is 3. The van der Waals surface area contributed by atoms with Gasteiger partial charge >= 0.3 is 0 Å². The lowest BCUT2D eigenvalue weighted by Gasteiger charge is -2.09. The lowest BCUT2D eigenvalue weighted by atomic mass is 10.1. The van der Waals surface area contributed by atoms with Crippen molar-refractivity contribution in [2.24, 2.45) is 0 Å². The highest BCUT2D eigenvalue weighted by Gasteiger charge is 2.18. The number of carbonyl (C=O) groups excluding carboxylic acids is 2. The summed E-state index contributed by atoms with van der Waals surface area (Å²) in [6.45, 7) is 4.07. The quantitative estimate of drug-likeness (QED) is 0.665. The minimum atomic E-state index is -0.251. The minimum Gasteiger partial charge on any atom is -0.354 e. The normalized spacial score (nSPS) is 10.7. The molecular formula is C22H24N4O2. The van der Waals surface area contributed by atoms with E-state index in [9.17, 15) is 9.59 Å². The van der Waals surface area contributed by atoms with Crippen LogP contribution < -0.4 is 10.6 Å². The molecule has 2 N–H and O–H groups in total. The SMILES string of the molecule is CC(C)NC(=O)CCNC(=O)c1cn(-c2ccccc2)nc1-c1ccccc1. The molecule has 1 aromatic heterocycles. The van der Waals surface area contributed by atoms with Gasteiger partial charge in [0.25, 0.3) is 5.91 Å². The Bertz CT molecular complexity index is 934. The molecule has 3 rings (SSSR count). The summed E-state index contributed by atoms with van der Waals surface area (Å²) >= 11 is 0. The molecule has 0 aliphatic rings. The second-order valence-electron chi connectivity index (χ2n) is 6.77. The fourth-order valence-corrected chi connectivity index (χ4v) is 2.84. The maximum atomic E-state index is 12.8. The largest absolute Gasteiger partial charge is 0.354 e. The first kappa shape index (κ1) is 19.4. The summed E-state index contributed by atoms with van der Waals surface area (Å²) in [7, 11) is 0. The lowest BCUT2D eigenvalue weighted by molar-refractivity contribution is -0.121. The van der Waals surface area contributed by atoms with Crippen LogP contribution in [-0.4, -0.2) is 34.2 Å². The van der Waals surface area contributed by atoms with Gasteiger partial charge in [-0.3, -0.25) is 9.59 Å². The minimum absolute atomic E-state index is 0.0805. The zero-order chi connectivity index (χ0) is 19.9. The Labute approximate surface area is 164 Å². The molecular weight excluding hydrogens is 352 g/mol. The molecule has 1 heterocycles. The van der Waals surface area contributed by atoms with Gasteiger partial charge in [-0.2, -0.15) is 5.10 Å². The predicted octanol–water partition coefficient (Wildman–Crippen LogP) is 3.18. The van der Waals surface area contributed by atoms with Gasteiger partial charge in [0, 0.05) is 30.8 Å². The molecule has 0 fully saturated rings. The van der Waals surface area contributed by atoms with E-state index >= 15 is 0 Å². The number of rotatable bonds is 7. The van der Waals surface area contributed by atoms with E-state index in [4.69, 9.17) is 0 Å². The second-order valence-corrected chi connectivity index (χ2v) is 6.77. The molecule has 144 valence electrons. The van der Waals surface area contributed by atoms with Gasteiger partial charge in [0.1, 0.15) is 5.69 Å². The zero-order valence-corrected chi connectivity index (χ0v) is 16.1. The molecule has 28 heavy (non-hydrogen) atoms. The van der Waals surface area contributed by atoms with Crippen molar-refractivity contribution in [2.75, 3.05) is 6.54 Å². The summed E-state index contributed by atoms with van der Waals surface area (Å²) in [5.74, 6) is -0.336. The van der Waals surface area contributed by atoms with E-state index in [-0.39, 0.29) is 30.8 Å². The van der Waals surface area contributed by atoms with Gasteiger partial charge in [0.15, 0.2) is 0 Å². The van der Waals surface area contributed by atoms with Gasteiger partial charge in [0.2, 0.25) is 5.91 Å². The van der Waals surface area contributed by atoms with Crippen molar-refractivity contribution >= 4 is 11.8 Å². The number of para-hydroxylation sites is 1. The Hall–Kier alpha value is -3.41. The highest BCUT2D eigenvalue weighted by Crippen LogP contribution is 2.23. The molecule has 2 aromatic carbocycles. The standard InChI is InChI=1S/C22H24N4O2/c1-16(2)24-20(27)13-14-23-22(28)19-15-26(18-11-7-4-8-12-18)25-21(19)17-9-5-3-6-10-17/h3-12,15-16H,13-14H2,1-2H3,(H,23,28)(H,24,27). The van der Waals surface area contributed by atoms with E-state index in [1.807, 2.05) is 74.5 Å². The first-order valence-corrected chi connectivity index (χ1v) is 9.32. The summed E-state index contributed by atoms with van der Waals surface area (Å²) < 4.78 is 1.70. The number of nitrogens with one attached hydrogen (secondary N) is 2. The molecule has 0 radical (unpaired) electrons. The first-order chi connectivity index (χ1) is 13.5. The number of aromatic nitrogens is 2. The van der Waals surface area contributed by atoms with Crippen molar-refractivity contribution in [1.29, 1.82) is 0 Å². The molecule has 6 nitrogen and oxygen atoms in total. The van der Waals surface area contributed by atoms with Crippen LogP contribution in [0.15, 0.2) is 66.9 Å². The number of benzene rings is 2. The van der Waals surface area contributed by atoms with E-state index in [1.165, 1.54) is 0 Å². The fraction of sp³-hybridized carbons (Fsp3) is 0.227. The zero-order valence-electron chi connectivity index (χ0n) is 16.1. The molecule has 0 spiro atoms. The van der Waals surface area contributed by atoms with Crippen LogP contribution in [0.25, 0.3) is 16.9 Å². The Morgan fingerprint density at radius 3 is 2.29 bits per heavy atom. The maximum absolute atomic E-state index is 12.8. The number of carbonyl (C=O) groups is 2. The third-order valence-corrected chi connectivity index (χ3v) is 4.11. The van der Waals surface area contributed by atoms with E-state index in [0.29, 0.717) is 11.3 Å². The van der Waals surface area contributed by atoms with Gasteiger partial charge in [-0.1, -0.05) is 48.5 Å². The number of nitrogens with zero attached hydrogens (tertiary/aromatic N) is 2. The van der Waals surface area contributed by atoms with Gasteiger partial charge in [-0.05, 0) is 26.0 Å². The Balaban J connectivity index is 1.81. The van der Waals surface area contributed by atoms with E-state index in [1.54, 1.807) is 10.9 Å². The number of hydrogen-bond donors (Lipinski definition) is 2. The van der Waals surface area contributed by atoms with Crippen LogP contribution in [0.3, 0.4) is 0 Å². The molecule has 0 aliphatic heterocycles. The average Bonchev–Trinajstić information content (AvgIpc) is 3.14. The van der Waals surface area contributed by atoms with Crippen LogP contribution in [-0.2, 0) is 4.79 Å². The van der Waals surface area contributed by atoms with Gasteiger partial charge in [-0.15, -0.1) is 0 Å². The monoisotopic (exact) mass is 376 g/mol. The summed E-state index contributed by atoms with van der Waals surface area (Å²) in [6, 6.07) is 19.3.